The molecule has 0 aliphatic carbocycles. The summed E-state index contributed by atoms with van der Waals surface area (Å²) in [6.45, 7) is 0. The van der Waals surface area contributed by atoms with Crippen LogP contribution in [0.5, 0.6) is 0 Å². The van der Waals surface area contributed by atoms with E-state index in [9.17, 15) is 0 Å². The van der Waals surface area contributed by atoms with E-state index in [2.05, 4.69) is 124 Å². The van der Waals surface area contributed by atoms with Gasteiger partial charge in [-0.15, -0.1) is 0 Å². The van der Waals surface area contributed by atoms with Gasteiger partial charge in [-0.1, -0.05) is 91.0 Å². The van der Waals surface area contributed by atoms with E-state index in [1.165, 1.54) is 43.4 Å². The van der Waals surface area contributed by atoms with Crippen molar-refractivity contribution in [2.45, 2.75) is 0 Å². The van der Waals surface area contributed by atoms with Crippen LogP contribution >= 0.6 is 0 Å². The lowest BCUT2D eigenvalue weighted by Crippen LogP contribution is -2.01. The van der Waals surface area contributed by atoms with E-state index < -0.39 is 0 Å². The zero-order valence-electron chi connectivity index (χ0n) is 21.5. The van der Waals surface area contributed by atoms with Gasteiger partial charge >= 0.3 is 0 Å². The van der Waals surface area contributed by atoms with Crippen LogP contribution < -0.4 is 0 Å². The summed E-state index contributed by atoms with van der Waals surface area (Å²) in [4.78, 5) is 9.89. The molecule has 4 nitrogen and oxygen atoms in total. The first-order chi connectivity index (χ1) is 19.9. The van der Waals surface area contributed by atoms with Crippen LogP contribution in [-0.2, 0) is 0 Å². The highest BCUT2D eigenvalue weighted by atomic mass is 15.2. The highest BCUT2D eigenvalue weighted by Crippen LogP contribution is 2.41. The largest absolute Gasteiger partial charge is 0.309 e. The standard InChI is InChI=1S/C36H22N4/c1-2-11-24(12-3-1)39-32-17-9-6-14-29(32)34-26-18-19-27-25-13-5-8-16-31(25)40(35(27)28(26)20-21-33(34)39)36-37-22-23-10-4-7-15-30(23)38-36/h1-22H. The number of hydrogen-bond donors (Lipinski definition) is 0. The number of fused-ring (bicyclic) bond motifs is 10. The molecule has 186 valence electrons. The summed E-state index contributed by atoms with van der Waals surface area (Å²) >= 11 is 0. The molecular weight excluding hydrogens is 488 g/mol. The van der Waals surface area contributed by atoms with E-state index in [1.807, 2.05) is 18.3 Å². The van der Waals surface area contributed by atoms with E-state index in [0.29, 0.717) is 5.95 Å². The molecule has 6 aromatic carbocycles. The number of nitrogens with zero attached hydrogens (tertiary/aromatic N) is 4. The molecular formula is C36H22N4. The zero-order valence-corrected chi connectivity index (χ0v) is 21.5. The molecule has 9 rings (SSSR count). The molecule has 40 heavy (non-hydrogen) atoms. The average Bonchev–Trinajstić information content (AvgIpc) is 3.54. The predicted molar refractivity (Wildman–Crippen MR) is 166 cm³/mol. The first kappa shape index (κ1) is 21.5. The van der Waals surface area contributed by atoms with Gasteiger partial charge < -0.3 is 4.57 Å². The minimum atomic E-state index is 0.684. The molecule has 0 bridgehead atoms. The predicted octanol–water partition coefficient (Wildman–Crippen LogP) is 8.98. The maximum absolute atomic E-state index is 5.03. The minimum Gasteiger partial charge on any atom is -0.309 e. The van der Waals surface area contributed by atoms with Crippen molar-refractivity contribution in [3.63, 3.8) is 0 Å². The summed E-state index contributed by atoms with van der Waals surface area (Å²) < 4.78 is 4.61. The third-order valence-corrected chi connectivity index (χ3v) is 8.16. The van der Waals surface area contributed by atoms with Gasteiger partial charge in [-0.25, -0.2) is 9.97 Å². The smallest absolute Gasteiger partial charge is 0.235 e. The maximum Gasteiger partial charge on any atom is 0.235 e. The Morgan fingerprint density at radius 3 is 1.98 bits per heavy atom. The Bertz CT molecular complexity index is 2430. The SMILES string of the molecule is c1ccc(-n2c3ccccc3c3c4ccc5c6ccccc6n(-c6ncc7ccccc7n6)c5c4ccc32)cc1. The molecule has 0 radical (unpaired) electrons. The van der Waals surface area contributed by atoms with Crippen molar-refractivity contribution in [3.8, 4) is 11.6 Å². The summed E-state index contributed by atoms with van der Waals surface area (Å²) in [7, 11) is 0. The van der Waals surface area contributed by atoms with Gasteiger partial charge in [0.1, 0.15) is 0 Å². The number of rotatable bonds is 2. The normalized spacial score (nSPS) is 12.0. The number of aromatic nitrogens is 4. The van der Waals surface area contributed by atoms with Gasteiger partial charge in [-0.2, -0.15) is 0 Å². The molecule has 0 spiro atoms. The van der Waals surface area contributed by atoms with Gasteiger partial charge in [-0.3, -0.25) is 4.57 Å². The molecule has 4 heteroatoms. The van der Waals surface area contributed by atoms with Crippen LogP contribution in [0.2, 0.25) is 0 Å². The molecule has 0 unspecified atom stereocenters. The Morgan fingerprint density at radius 2 is 1.10 bits per heavy atom. The molecule has 0 aliphatic rings. The Hall–Kier alpha value is -5.48. The molecule has 3 heterocycles. The highest BCUT2D eigenvalue weighted by molar-refractivity contribution is 6.27. The van der Waals surface area contributed by atoms with E-state index >= 15 is 0 Å². The fourth-order valence-corrected chi connectivity index (χ4v) is 6.47. The monoisotopic (exact) mass is 510 g/mol. The number of benzene rings is 6. The van der Waals surface area contributed by atoms with E-state index in [-0.39, 0.29) is 0 Å². The molecule has 0 saturated carbocycles. The molecule has 0 N–H and O–H groups in total. The van der Waals surface area contributed by atoms with Crippen molar-refractivity contribution in [1.82, 2.24) is 19.1 Å². The molecule has 0 atom stereocenters. The third-order valence-electron chi connectivity index (χ3n) is 8.16. The van der Waals surface area contributed by atoms with Gasteiger partial charge in [0.2, 0.25) is 5.95 Å². The van der Waals surface area contributed by atoms with Gasteiger partial charge in [0.25, 0.3) is 0 Å². The second kappa shape index (κ2) is 8.01. The van der Waals surface area contributed by atoms with Crippen LogP contribution in [0.25, 0.3) is 76.9 Å². The van der Waals surface area contributed by atoms with Gasteiger partial charge in [0, 0.05) is 44.2 Å². The topological polar surface area (TPSA) is 35.6 Å². The molecule has 0 fully saturated rings. The molecule has 0 aliphatic heterocycles. The van der Waals surface area contributed by atoms with Crippen LogP contribution in [0.3, 0.4) is 0 Å². The lowest BCUT2D eigenvalue weighted by Gasteiger charge is -2.11. The van der Waals surface area contributed by atoms with Gasteiger partial charge in [-0.05, 0) is 41.8 Å². The van der Waals surface area contributed by atoms with E-state index in [4.69, 9.17) is 9.97 Å². The average molecular weight is 511 g/mol. The second-order valence-corrected chi connectivity index (χ2v) is 10.3. The summed E-state index contributed by atoms with van der Waals surface area (Å²) in [5, 5.41) is 8.35. The van der Waals surface area contributed by atoms with Crippen LogP contribution in [0.15, 0.2) is 134 Å². The quantitative estimate of drug-likeness (QED) is 0.233. The van der Waals surface area contributed by atoms with Gasteiger partial charge in [0.15, 0.2) is 0 Å². The van der Waals surface area contributed by atoms with Crippen LogP contribution in [-0.4, -0.2) is 19.1 Å². The van der Waals surface area contributed by atoms with Crippen molar-refractivity contribution in [2.75, 3.05) is 0 Å². The molecule has 0 saturated heterocycles. The van der Waals surface area contributed by atoms with Crippen molar-refractivity contribution in [1.29, 1.82) is 0 Å². The Morgan fingerprint density at radius 1 is 0.450 bits per heavy atom. The van der Waals surface area contributed by atoms with E-state index in [0.717, 1.165) is 27.6 Å². The highest BCUT2D eigenvalue weighted by Gasteiger charge is 2.20. The van der Waals surface area contributed by atoms with Crippen molar-refractivity contribution >= 4 is 65.3 Å². The zero-order chi connectivity index (χ0) is 26.2. The Labute approximate surface area is 229 Å². The van der Waals surface area contributed by atoms with Crippen LogP contribution in [0.4, 0.5) is 0 Å². The fraction of sp³-hybridized carbons (Fsp3) is 0. The fourth-order valence-electron chi connectivity index (χ4n) is 6.47. The minimum absolute atomic E-state index is 0.684. The third kappa shape index (κ3) is 2.85. The van der Waals surface area contributed by atoms with E-state index in [1.54, 1.807) is 0 Å². The van der Waals surface area contributed by atoms with Gasteiger partial charge in [0.05, 0.1) is 27.6 Å². The summed E-state index contributed by atoms with van der Waals surface area (Å²) in [5.41, 5.74) is 6.73. The molecule has 0 amide bonds. The Kier molecular flexibility index (Phi) is 4.30. The first-order valence-corrected chi connectivity index (χ1v) is 13.5. The van der Waals surface area contributed by atoms with Crippen molar-refractivity contribution < 1.29 is 0 Å². The van der Waals surface area contributed by atoms with Crippen molar-refractivity contribution in [2.24, 2.45) is 0 Å². The van der Waals surface area contributed by atoms with Crippen molar-refractivity contribution in [3.05, 3.63) is 134 Å². The maximum atomic E-state index is 5.03. The second-order valence-electron chi connectivity index (χ2n) is 10.3. The lowest BCUT2D eigenvalue weighted by molar-refractivity contribution is 1.01. The molecule has 3 aromatic heterocycles. The summed E-state index contributed by atoms with van der Waals surface area (Å²) in [6, 6.07) is 45.1. The number of hydrogen-bond acceptors (Lipinski definition) is 2. The number of para-hydroxylation sites is 4. The first-order valence-electron chi connectivity index (χ1n) is 13.5. The van der Waals surface area contributed by atoms with Crippen LogP contribution in [0, 0.1) is 0 Å². The molecule has 9 aromatic rings. The lowest BCUT2D eigenvalue weighted by atomic mass is 10.0. The summed E-state index contributed by atoms with van der Waals surface area (Å²) in [5.74, 6) is 0.684. The van der Waals surface area contributed by atoms with Crippen LogP contribution in [0.1, 0.15) is 0 Å². The summed E-state index contributed by atoms with van der Waals surface area (Å²) in [6.07, 6.45) is 1.93. The Balaban J connectivity index is 1.46.